The van der Waals surface area contributed by atoms with Crippen molar-refractivity contribution < 1.29 is 9.26 Å². The summed E-state index contributed by atoms with van der Waals surface area (Å²) in [5, 5.41) is 6.88. The van der Waals surface area contributed by atoms with Crippen LogP contribution in [0.2, 0.25) is 0 Å². The summed E-state index contributed by atoms with van der Waals surface area (Å²) in [6.45, 7) is 0.593. The molecule has 1 N–H and O–H groups in total. The Morgan fingerprint density at radius 2 is 2.33 bits per heavy atom. The van der Waals surface area contributed by atoms with E-state index in [1.165, 1.54) is 0 Å². The Morgan fingerprint density at radius 1 is 1.40 bits per heavy atom. The van der Waals surface area contributed by atoms with Gasteiger partial charge in [-0.25, -0.2) is 4.98 Å². The Balaban J connectivity index is 1.93. The van der Waals surface area contributed by atoms with Crippen LogP contribution in [0.3, 0.4) is 0 Å². The van der Waals surface area contributed by atoms with Gasteiger partial charge in [-0.2, -0.15) is 0 Å². The minimum absolute atomic E-state index is 0.593. The molecule has 2 aromatic rings. The molecule has 2 heterocycles. The summed E-state index contributed by atoms with van der Waals surface area (Å²) >= 11 is 0. The lowest BCUT2D eigenvalue weighted by Crippen LogP contribution is -2.01. The van der Waals surface area contributed by atoms with E-state index >= 15 is 0 Å². The molecular formula is C10H11N3O2. The molecule has 0 amide bonds. The molecule has 0 unspecified atom stereocenters. The lowest BCUT2D eigenvalue weighted by molar-refractivity contribution is 0.412. The van der Waals surface area contributed by atoms with Crippen LogP contribution >= 0.6 is 0 Å². The Bertz CT molecular complexity index is 397. The zero-order valence-corrected chi connectivity index (χ0v) is 8.30. The second kappa shape index (κ2) is 4.45. The van der Waals surface area contributed by atoms with Crippen molar-refractivity contribution in [2.75, 3.05) is 12.4 Å². The van der Waals surface area contributed by atoms with Crippen LogP contribution in [0, 0.1) is 0 Å². The number of aromatic nitrogens is 2. The Hall–Kier alpha value is -2.04. The van der Waals surface area contributed by atoms with E-state index in [4.69, 9.17) is 9.26 Å². The van der Waals surface area contributed by atoms with E-state index < -0.39 is 0 Å². The van der Waals surface area contributed by atoms with Crippen LogP contribution in [-0.2, 0) is 6.54 Å². The van der Waals surface area contributed by atoms with Crippen molar-refractivity contribution in [1.82, 2.24) is 10.1 Å². The molecule has 5 nitrogen and oxygen atoms in total. The molecule has 0 fully saturated rings. The van der Waals surface area contributed by atoms with Crippen molar-refractivity contribution in [3.8, 4) is 5.75 Å². The highest BCUT2D eigenvalue weighted by molar-refractivity contribution is 5.37. The topological polar surface area (TPSA) is 60.2 Å². The van der Waals surface area contributed by atoms with E-state index in [0.29, 0.717) is 6.54 Å². The van der Waals surface area contributed by atoms with Crippen molar-refractivity contribution in [1.29, 1.82) is 0 Å². The van der Waals surface area contributed by atoms with Crippen LogP contribution in [-0.4, -0.2) is 17.3 Å². The molecule has 2 aromatic heterocycles. The molecule has 0 aliphatic heterocycles. The molecule has 0 spiro atoms. The van der Waals surface area contributed by atoms with Crippen LogP contribution in [0.1, 0.15) is 5.69 Å². The SMILES string of the molecule is COc1ccc(NCc2ccon2)nc1. The first-order valence-electron chi connectivity index (χ1n) is 4.51. The van der Waals surface area contributed by atoms with Crippen LogP contribution in [0.4, 0.5) is 5.82 Å². The molecule has 0 aliphatic carbocycles. The van der Waals surface area contributed by atoms with Gasteiger partial charge in [0.05, 0.1) is 19.9 Å². The number of methoxy groups -OCH3 is 1. The molecule has 0 radical (unpaired) electrons. The van der Waals surface area contributed by atoms with Gasteiger partial charge in [0.15, 0.2) is 0 Å². The molecule has 15 heavy (non-hydrogen) atoms. The average molecular weight is 205 g/mol. The molecule has 5 heteroatoms. The summed E-state index contributed by atoms with van der Waals surface area (Å²) in [5.74, 6) is 1.51. The highest BCUT2D eigenvalue weighted by Gasteiger charge is 1.98. The quantitative estimate of drug-likeness (QED) is 0.823. The van der Waals surface area contributed by atoms with Gasteiger partial charge in [0.2, 0.25) is 0 Å². The van der Waals surface area contributed by atoms with E-state index in [-0.39, 0.29) is 0 Å². The number of anilines is 1. The maximum absolute atomic E-state index is 5.00. The number of nitrogens with zero attached hydrogens (tertiary/aromatic N) is 2. The third kappa shape index (κ3) is 2.46. The lowest BCUT2D eigenvalue weighted by Gasteiger charge is -2.03. The molecule has 0 atom stereocenters. The first-order valence-corrected chi connectivity index (χ1v) is 4.51. The molecule has 0 aromatic carbocycles. The van der Waals surface area contributed by atoms with Crippen molar-refractivity contribution >= 4 is 5.82 Å². The van der Waals surface area contributed by atoms with Crippen LogP contribution in [0.15, 0.2) is 35.2 Å². The smallest absolute Gasteiger partial charge is 0.137 e. The third-order valence-electron chi connectivity index (χ3n) is 1.91. The summed E-state index contributed by atoms with van der Waals surface area (Å²) in [6, 6.07) is 5.49. The standard InChI is InChI=1S/C10H11N3O2/c1-14-9-2-3-10(12-7-9)11-6-8-4-5-15-13-8/h2-5,7H,6H2,1H3,(H,11,12). The molecule has 2 rings (SSSR count). The fourth-order valence-electron chi connectivity index (χ4n) is 1.12. The minimum atomic E-state index is 0.593. The van der Waals surface area contributed by atoms with Gasteiger partial charge in [0, 0.05) is 6.07 Å². The van der Waals surface area contributed by atoms with Crippen LogP contribution < -0.4 is 10.1 Å². The van der Waals surface area contributed by atoms with E-state index in [9.17, 15) is 0 Å². The molecule has 0 saturated heterocycles. The van der Waals surface area contributed by atoms with Crippen LogP contribution in [0.25, 0.3) is 0 Å². The second-order valence-electron chi connectivity index (χ2n) is 2.93. The van der Waals surface area contributed by atoms with Crippen molar-refractivity contribution in [2.45, 2.75) is 6.54 Å². The minimum Gasteiger partial charge on any atom is -0.495 e. The second-order valence-corrected chi connectivity index (χ2v) is 2.93. The summed E-state index contributed by atoms with van der Waals surface area (Å²) in [6.07, 6.45) is 3.20. The van der Waals surface area contributed by atoms with Gasteiger partial charge >= 0.3 is 0 Å². The molecule has 0 saturated carbocycles. The van der Waals surface area contributed by atoms with Gasteiger partial charge in [0.25, 0.3) is 0 Å². The van der Waals surface area contributed by atoms with Crippen molar-refractivity contribution in [3.63, 3.8) is 0 Å². The van der Waals surface area contributed by atoms with Gasteiger partial charge in [-0.3, -0.25) is 0 Å². The number of pyridine rings is 1. The van der Waals surface area contributed by atoms with Gasteiger partial charge in [-0.15, -0.1) is 0 Å². The molecule has 0 aliphatic rings. The summed E-state index contributed by atoms with van der Waals surface area (Å²) in [7, 11) is 1.61. The van der Waals surface area contributed by atoms with Gasteiger partial charge in [0.1, 0.15) is 23.5 Å². The number of nitrogens with one attached hydrogen (secondary N) is 1. The summed E-state index contributed by atoms with van der Waals surface area (Å²) in [4.78, 5) is 4.15. The van der Waals surface area contributed by atoms with Crippen molar-refractivity contribution in [3.05, 3.63) is 36.4 Å². The highest BCUT2D eigenvalue weighted by Crippen LogP contribution is 2.11. The third-order valence-corrected chi connectivity index (χ3v) is 1.91. The predicted molar refractivity (Wildman–Crippen MR) is 54.6 cm³/mol. The Labute approximate surface area is 87.1 Å². The molecule has 0 bridgehead atoms. The van der Waals surface area contributed by atoms with E-state index in [0.717, 1.165) is 17.3 Å². The van der Waals surface area contributed by atoms with E-state index in [1.807, 2.05) is 12.1 Å². The fourth-order valence-corrected chi connectivity index (χ4v) is 1.12. The van der Waals surface area contributed by atoms with Gasteiger partial charge in [-0.1, -0.05) is 5.16 Å². The zero-order chi connectivity index (χ0) is 10.5. The number of hydrogen-bond acceptors (Lipinski definition) is 5. The molecule has 78 valence electrons. The highest BCUT2D eigenvalue weighted by atomic mass is 16.5. The maximum Gasteiger partial charge on any atom is 0.137 e. The Kier molecular flexibility index (Phi) is 2.82. The summed E-state index contributed by atoms with van der Waals surface area (Å²) in [5.41, 5.74) is 0.840. The predicted octanol–water partition coefficient (Wildman–Crippen LogP) is 1.69. The van der Waals surface area contributed by atoms with Crippen molar-refractivity contribution in [2.24, 2.45) is 0 Å². The molecular weight excluding hydrogens is 194 g/mol. The maximum atomic E-state index is 5.00. The largest absolute Gasteiger partial charge is 0.495 e. The first kappa shape index (κ1) is 9.51. The monoisotopic (exact) mass is 205 g/mol. The van der Waals surface area contributed by atoms with E-state index in [2.05, 4.69) is 15.5 Å². The van der Waals surface area contributed by atoms with Gasteiger partial charge in [-0.05, 0) is 12.1 Å². The number of rotatable bonds is 4. The lowest BCUT2D eigenvalue weighted by atomic mass is 10.4. The first-order chi connectivity index (χ1) is 7.38. The Morgan fingerprint density at radius 3 is 2.93 bits per heavy atom. The van der Waals surface area contributed by atoms with Crippen LogP contribution in [0.5, 0.6) is 5.75 Å². The van der Waals surface area contributed by atoms with E-state index in [1.54, 1.807) is 25.6 Å². The summed E-state index contributed by atoms with van der Waals surface area (Å²) < 4.78 is 9.71. The normalized spacial score (nSPS) is 9.93. The average Bonchev–Trinajstić information content (AvgIpc) is 2.80. The number of hydrogen-bond donors (Lipinski definition) is 1. The zero-order valence-electron chi connectivity index (χ0n) is 8.30. The fraction of sp³-hybridized carbons (Fsp3) is 0.200. The number of ether oxygens (including phenoxy) is 1. The van der Waals surface area contributed by atoms with Gasteiger partial charge < -0.3 is 14.6 Å².